The summed E-state index contributed by atoms with van der Waals surface area (Å²) in [6.45, 7) is 6.02. The number of amides is 1. The second-order valence-electron chi connectivity index (χ2n) is 5.33. The molecular formula is C16H23NO4. The molecule has 0 aliphatic rings. The molecule has 1 aromatic rings. The first-order valence-electron chi connectivity index (χ1n) is 7.18. The number of hydrogen-bond donors (Lipinski definition) is 2. The monoisotopic (exact) mass is 293 g/mol. The van der Waals surface area contributed by atoms with Gasteiger partial charge in [-0.15, -0.1) is 0 Å². The quantitative estimate of drug-likeness (QED) is 0.723. The number of carbonyl (C=O) groups excluding carboxylic acids is 1. The molecule has 21 heavy (non-hydrogen) atoms. The number of carbonyl (C=O) groups is 2. The topological polar surface area (TPSA) is 75.6 Å². The summed E-state index contributed by atoms with van der Waals surface area (Å²) in [4.78, 5) is 22.5. The Morgan fingerprint density at radius 3 is 2.33 bits per heavy atom. The molecule has 0 saturated carbocycles. The number of rotatable bonds is 8. The highest BCUT2D eigenvalue weighted by molar-refractivity contribution is 5.94. The molecule has 1 amide bonds. The summed E-state index contributed by atoms with van der Waals surface area (Å²) in [7, 11) is 0. The maximum absolute atomic E-state index is 11.9. The Hall–Kier alpha value is -2.04. The number of hydrogen-bond acceptors (Lipinski definition) is 3. The van der Waals surface area contributed by atoms with Crippen LogP contribution in [0.3, 0.4) is 0 Å². The maximum atomic E-state index is 11.9. The van der Waals surface area contributed by atoms with Crippen molar-refractivity contribution in [3.05, 3.63) is 29.8 Å². The predicted octanol–water partition coefficient (Wildman–Crippen LogP) is 2.70. The van der Waals surface area contributed by atoms with Gasteiger partial charge >= 0.3 is 5.97 Å². The van der Waals surface area contributed by atoms with Gasteiger partial charge in [0.1, 0.15) is 5.75 Å². The molecule has 0 bridgehead atoms. The summed E-state index contributed by atoms with van der Waals surface area (Å²) in [6.07, 6.45) is 1.30. The van der Waals surface area contributed by atoms with E-state index in [-0.39, 0.29) is 17.9 Å². The van der Waals surface area contributed by atoms with Crippen LogP contribution in [0.1, 0.15) is 44.0 Å². The molecule has 0 aromatic heterocycles. The van der Waals surface area contributed by atoms with Crippen LogP contribution >= 0.6 is 0 Å². The summed E-state index contributed by atoms with van der Waals surface area (Å²) >= 11 is 0. The van der Waals surface area contributed by atoms with E-state index in [0.717, 1.165) is 5.75 Å². The Labute approximate surface area is 125 Å². The molecule has 0 saturated heterocycles. The summed E-state index contributed by atoms with van der Waals surface area (Å²) in [5.41, 5.74) is 0.567. The van der Waals surface area contributed by atoms with E-state index in [1.54, 1.807) is 31.2 Å². The summed E-state index contributed by atoms with van der Waals surface area (Å²) < 4.78 is 5.51. The van der Waals surface area contributed by atoms with E-state index in [9.17, 15) is 9.59 Å². The second kappa shape index (κ2) is 8.29. The molecule has 0 heterocycles. The van der Waals surface area contributed by atoms with Crippen LogP contribution in [0.4, 0.5) is 0 Å². The highest BCUT2D eigenvalue weighted by atomic mass is 16.5. The lowest BCUT2D eigenvalue weighted by Gasteiger charge is -2.10. The van der Waals surface area contributed by atoms with Crippen LogP contribution in [0.5, 0.6) is 5.75 Å². The standard InChI is InChI=1S/C16H23NO4/c1-11(2)21-14-8-6-13(7-9-14)15(18)17-10-4-5-12(3)16(19)20/h6-9,11-12H,4-5,10H2,1-3H3,(H,17,18)(H,19,20). The number of ether oxygens (including phenoxy) is 1. The Morgan fingerprint density at radius 2 is 1.81 bits per heavy atom. The first-order valence-corrected chi connectivity index (χ1v) is 7.18. The number of aliphatic carboxylic acids is 1. The van der Waals surface area contributed by atoms with Gasteiger partial charge in [-0.25, -0.2) is 0 Å². The molecule has 1 atom stereocenters. The van der Waals surface area contributed by atoms with E-state index in [1.807, 2.05) is 13.8 Å². The lowest BCUT2D eigenvalue weighted by molar-refractivity contribution is -0.141. The molecule has 0 spiro atoms. The normalized spacial score (nSPS) is 12.0. The molecule has 1 rings (SSSR count). The zero-order valence-corrected chi connectivity index (χ0v) is 12.8. The minimum absolute atomic E-state index is 0.0981. The molecule has 0 aliphatic heterocycles. The van der Waals surface area contributed by atoms with Crippen molar-refractivity contribution in [1.29, 1.82) is 0 Å². The zero-order chi connectivity index (χ0) is 15.8. The first kappa shape index (κ1) is 17.0. The van der Waals surface area contributed by atoms with E-state index in [1.165, 1.54) is 0 Å². The predicted molar refractivity (Wildman–Crippen MR) is 80.6 cm³/mol. The molecule has 116 valence electrons. The van der Waals surface area contributed by atoms with Crippen molar-refractivity contribution in [1.82, 2.24) is 5.32 Å². The van der Waals surface area contributed by atoms with E-state index >= 15 is 0 Å². The van der Waals surface area contributed by atoms with Crippen LogP contribution in [0.2, 0.25) is 0 Å². The molecule has 1 aromatic carbocycles. The van der Waals surface area contributed by atoms with Crippen LogP contribution in [-0.4, -0.2) is 29.6 Å². The lowest BCUT2D eigenvalue weighted by Crippen LogP contribution is -2.25. The Morgan fingerprint density at radius 1 is 1.19 bits per heavy atom. The third-order valence-electron chi connectivity index (χ3n) is 3.01. The van der Waals surface area contributed by atoms with Crippen molar-refractivity contribution in [3.8, 4) is 5.75 Å². The van der Waals surface area contributed by atoms with Crippen LogP contribution in [0.25, 0.3) is 0 Å². The number of carboxylic acids is 1. The molecule has 5 heteroatoms. The third kappa shape index (κ3) is 6.29. The van der Waals surface area contributed by atoms with Gasteiger partial charge in [-0.05, 0) is 51.0 Å². The van der Waals surface area contributed by atoms with Gasteiger partial charge in [0.25, 0.3) is 5.91 Å². The average molecular weight is 293 g/mol. The van der Waals surface area contributed by atoms with E-state index in [4.69, 9.17) is 9.84 Å². The zero-order valence-electron chi connectivity index (χ0n) is 12.8. The van der Waals surface area contributed by atoms with Crippen LogP contribution < -0.4 is 10.1 Å². The Bertz CT molecular complexity index is 468. The van der Waals surface area contributed by atoms with Gasteiger partial charge in [-0.1, -0.05) is 6.92 Å². The highest BCUT2D eigenvalue weighted by Gasteiger charge is 2.10. The van der Waals surface area contributed by atoms with Gasteiger partial charge < -0.3 is 15.2 Å². The molecule has 0 fully saturated rings. The van der Waals surface area contributed by atoms with E-state index in [2.05, 4.69) is 5.32 Å². The maximum Gasteiger partial charge on any atom is 0.306 e. The van der Waals surface area contributed by atoms with Crippen LogP contribution in [0, 0.1) is 5.92 Å². The van der Waals surface area contributed by atoms with Gasteiger partial charge in [0, 0.05) is 12.1 Å². The minimum atomic E-state index is -0.804. The molecule has 0 radical (unpaired) electrons. The molecule has 5 nitrogen and oxygen atoms in total. The summed E-state index contributed by atoms with van der Waals surface area (Å²) in [5.74, 6) is -0.609. The summed E-state index contributed by atoms with van der Waals surface area (Å²) in [6, 6.07) is 6.96. The van der Waals surface area contributed by atoms with E-state index in [0.29, 0.717) is 24.9 Å². The van der Waals surface area contributed by atoms with Crippen molar-refractivity contribution in [2.75, 3.05) is 6.54 Å². The van der Waals surface area contributed by atoms with Gasteiger partial charge in [0.05, 0.1) is 12.0 Å². The Balaban J connectivity index is 2.37. The Kier molecular flexibility index (Phi) is 6.72. The van der Waals surface area contributed by atoms with Gasteiger partial charge in [0.2, 0.25) is 0 Å². The molecule has 1 unspecified atom stereocenters. The van der Waals surface area contributed by atoms with Gasteiger partial charge in [-0.2, -0.15) is 0 Å². The van der Waals surface area contributed by atoms with Crippen molar-refractivity contribution < 1.29 is 19.4 Å². The highest BCUT2D eigenvalue weighted by Crippen LogP contribution is 2.13. The minimum Gasteiger partial charge on any atom is -0.491 e. The number of benzene rings is 1. The second-order valence-corrected chi connectivity index (χ2v) is 5.33. The van der Waals surface area contributed by atoms with Crippen LogP contribution in [0.15, 0.2) is 24.3 Å². The SMILES string of the molecule is CC(C)Oc1ccc(C(=O)NCCCC(C)C(=O)O)cc1. The average Bonchev–Trinajstić information content (AvgIpc) is 2.43. The number of nitrogens with one attached hydrogen (secondary N) is 1. The fraction of sp³-hybridized carbons (Fsp3) is 0.500. The van der Waals surface area contributed by atoms with Crippen molar-refractivity contribution in [2.24, 2.45) is 5.92 Å². The van der Waals surface area contributed by atoms with Crippen LogP contribution in [-0.2, 0) is 4.79 Å². The van der Waals surface area contributed by atoms with Gasteiger partial charge in [-0.3, -0.25) is 9.59 Å². The van der Waals surface area contributed by atoms with Gasteiger partial charge in [0.15, 0.2) is 0 Å². The fourth-order valence-corrected chi connectivity index (χ4v) is 1.79. The molecular weight excluding hydrogens is 270 g/mol. The summed E-state index contributed by atoms with van der Waals surface area (Å²) in [5, 5.41) is 11.5. The van der Waals surface area contributed by atoms with E-state index < -0.39 is 5.97 Å². The lowest BCUT2D eigenvalue weighted by atomic mass is 10.1. The largest absolute Gasteiger partial charge is 0.491 e. The molecule has 2 N–H and O–H groups in total. The van der Waals surface area contributed by atoms with Crippen molar-refractivity contribution in [3.63, 3.8) is 0 Å². The first-order chi connectivity index (χ1) is 9.90. The fourth-order valence-electron chi connectivity index (χ4n) is 1.79. The smallest absolute Gasteiger partial charge is 0.306 e. The third-order valence-corrected chi connectivity index (χ3v) is 3.01. The van der Waals surface area contributed by atoms with Crippen molar-refractivity contribution >= 4 is 11.9 Å². The van der Waals surface area contributed by atoms with Crippen molar-refractivity contribution in [2.45, 2.75) is 39.7 Å². The number of carboxylic acid groups (broad SMARTS) is 1. The molecule has 0 aliphatic carbocycles.